The van der Waals surface area contributed by atoms with Gasteiger partial charge >= 0.3 is 0 Å². The monoisotopic (exact) mass is 387 g/mol. The second kappa shape index (κ2) is 7.11. The molecular formula is C29H25N. The van der Waals surface area contributed by atoms with Crippen LogP contribution in [0.5, 0.6) is 0 Å². The molecule has 0 spiro atoms. The van der Waals surface area contributed by atoms with Crippen molar-refractivity contribution < 1.29 is 0 Å². The van der Waals surface area contributed by atoms with Gasteiger partial charge in [-0.1, -0.05) is 65.7 Å². The summed E-state index contributed by atoms with van der Waals surface area (Å²) in [5.74, 6) is 0. The Labute approximate surface area is 178 Å². The zero-order valence-electron chi connectivity index (χ0n) is 18.0. The molecule has 0 radical (unpaired) electrons. The van der Waals surface area contributed by atoms with E-state index in [1.54, 1.807) is 0 Å². The Bertz CT molecular complexity index is 1390. The third kappa shape index (κ3) is 3.07. The van der Waals surface area contributed by atoms with E-state index in [4.69, 9.17) is 4.98 Å². The number of hydrogen-bond acceptors (Lipinski definition) is 1. The van der Waals surface area contributed by atoms with E-state index >= 15 is 0 Å². The average molecular weight is 388 g/mol. The number of aromatic nitrogens is 1. The summed E-state index contributed by atoms with van der Waals surface area (Å²) in [4.78, 5) is 4.94. The van der Waals surface area contributed by atoms with Crippen LogP contribution in [0.1, 0.15) is 22.3 Å². The summed E-state index contributed by atoms with van der Waals surface area (Å²) in [6.07, 6.45) is 2.01. The molecule has 1 aromatic heterocycles. The fourth-order valence-electron chi connectivity index (χ4n) is 4.63. The van der Waals surface area contributed by atoms with Gasteiger partial charge in [0.2, 0.25) is 0 Å². The van der Waals surface area contributed by atoms with E-state index in [-0.39, 0.29) is 0 Å². The van der Waals surface area contributed by atoms with Gasteiger partial charge in [-0.15, -0.1) is 0 Å². The molecule has 5 rings (SSSR count). The van der Waals surface area contributed by atoms with Gasteiger partial charge in [-0.2, -0.15) is 0 Å². The summed E-state index contributed by atoms with van der Waals surface area (Å²) in [5.41, 5.74) is 9.78. The highest BCUT2D eigenvalue weighted by Crippen LogP contribution is 2.38. The van der Waals surface area contributed by atoms with Crippen LogP contribution in [0.4, 0.5) is 0 Å². The summed E-state index contributed by atoms with van der Waals surface area (Å²) in [6.45, 7) is 8.67. The normalized spacial score (nSPS) is 11.3. The zero-order chi connectivity index (χ0) is 20.8. The van der Waals surface area contributed by atoms with Gasteiger partial charge in [-0.3, -0.25) is 4.98 Å². The van der Waals surface area contributed by atoms with Gasteiger partial charge in [0.05, 0.1) is 5.69 Å². The fourth-order valence-corrected chi connectivity index (χ4v) is 4.63. The standard InChI is InChI=1S/C29H25N/c1-18-12-19(2)14-24(13-18)29-28-26(21(4)17-30-29)11-10-25-20(3)15-23(16-27(25)28)22-8-6-5-7-9-22/h5-17H,1-4H3. The largest absolute Gasteiger partial charge is 0.255 e. The highest BCUT2D eigenvalue weighted by molar-refractivity contribution is 6.15. The number of pyridine rings is 1. The van der Waals surface area contributed by atoms with Crippen LogP contribution in [0.25, 0.3) is 43.9 Å². The predicted molar refractivity (Wildman–Crippen MR) is 129 cm³/mol. The predicted octanol–water partition coefficient (Wildman–Crippen LogP) is 7.96. The van der Waals surface area contributed by atoms with Gasteiger partial charge in [-0.05, 0) is 84.3 Å². The third-order valence-corrected chi connectivity index (χ3v) is 5.99. The topological polar surface area (TPSA) is 12.9 Å². The van der Waals surface area contributed by atoms with Crippen LogP contribution in [-0.4, -0.2) is 4.98 Å². The lowest BCUT2D eigenvalue weighted by Gasteiger charge is -2.15. The smallest absolute Gasteiger partial charge is 0.0786 e. The van der Waals surface area contributed by atoms with Gasteiger partial charge in [0.1, 0.15) is 0 Å². The first kappa shape index (κ1) is 18.6. The molecule has 30 heavy (non-hydrogen) atoms. The fraction of sp³-hybridized carbons (Fsp3) is 0.138. The number of nitrogens with zero attached hydrogens (tertiary/aromatic N) is 1. The Balaban J connectivity index is 1.92. The van der Waals surface area contributed by atoms with E-state index in [0.717, 1.165) is 5.69 Å². The molecule has 0 unspecified atom stereocenters. The molecule has 0 aliphatic carbocycles. The molecule has 5 aromatic rings. The number of benzene rings is 4. The first-order chi connectivity index (χ1) is 14.5. The molecule has 0 amide bonds. The lowest BCUT2D eigenvalue weighted by Crippen LogP contribution is -1.93. The third-order valence-electron chi connectivity index (χ3n) is 5.99. The van der Waals surface area contributed by atoms with E-state index in [2.05, 4.69) is 100 Å². The van der Waals surface area contributed by atoms with Crippen molar-refractivity contribution in [1.82, 2.24) is 4.98 Å². The van der Waals surface area contributed by atoms with Gasteiger partial charge < -0.3 is 0 Å². The minimum Gasteiger partial charge on any atom is -0.255 e. The van der Waals surface area contributed by atoms with E-state index in [9.17, 15) is 0 Å². The minimum absolute atomic E-state index is 1.07. The van der Waals surface area contributed by atoms with Crippen LogP contribution < -0.4 is 0 Å². The quantitative estimate of drug-likeness (QED) is 0.280. The Morgan fingerprint density at radius 1 is 0.533 bits per heavy atom. The van der Waals surface area contributed by atoms with Crippen LogP contribution in [0, 0.1) is 27.7 Å². The number of aryl methyl sites for hydroxylation is 4. The summed E-state index contributed by atoms with van der Waals surface area (Å²) >= 11 is 0. The molecule has 4 aromatic carbocycles. The first-order valence-corrected chi connectivity index (χ1v) is 10.5. The van der Waals surface area contributed by atoms with Crippen LogP contribution in [-0.2, 0) is 0 Å². The van der Waals surface area contributed by atoms with Gasteiger partial charge in [0.15, 0.2) is 0 Å². The number of hydrogen-bond donors (Lipinski definition) is 0. The highest BCUT2D eigenvalue weighted by atomic mass is 14.7. The van der Waals surface area contributed by atoms with Crippen molar-refractivity contribution in [2.45, 2.75) is 27.7 Å². The molecule has 0 atom stereocenters. The van der Waals surface area contributed by atoms with Crippen molar-refractivity contribution in [1.29, 1.82) is 0 Å². The van der Waals surface area contributed by atoms with Crippen molar-refractivity contribution in [3.8, 4) is 22.4 Å². The van der Waals surface area contributed by atoms with Crippen molar-refractivity contribution >= 4 is 21.5 Å². The van der Waals surface area contributed by atoms with Gasteiger partial charge in [-0.25, -0.2) is 0 Å². The summed E-state index contributed by atoms with van der Waals surface area (Å²) in [6, 6.07) is 26.5. The molecule has 0 saturated heterocycles. The van der Waals surface area contributed by atoms with Gasteiger partial charge in [0, 0.05) is 17.1 Å². The summed E-state index contributed by atoms with van der Waals surface area (Å²) < 4.78 is 0. The van der Waals surface area contributed by atoms with Crippen LogP contribution in [0.3, 0.4) is 0 Å². The van der Waals surface area contributed by atoms with E-state index < -0.39 is 0 Å². The maximum absolute atomic E-state index is 4.94. The average Bonchev–Trinajstić information content (AvgIpc) is 2.74. The Kier molecular flexibility index (Phi) is 4.40. The Morgan fingerprint density at radius 2 is 1.23 bits per heavy atom. The van der Waals surface area contributed by atoms with Crippen molar-refractivity contribution in [2.24, 2.45) is 0 Å². The zero-order valence-corrected chi connectivity index (χ0v) is 18.0. The van der Waals surface area contributed by atoms with E-state index in [1.165, 1.54) is 60.5 Å². The molecule has 0 saturated carbocycles. The van der Waals surface area contributed by atoms with E-state index in [0.29, 0.717) is 0 Å². The molecule has 0 aliphatic rings. The second-order valence-electron chi connectivity index (χ2n) is 8.41. The summed E-state index contributed by atoms with van der Waals surface area (Å²) in [7, 11) is 0. The van der Waals surface area contributed by atoms with Crippen molar-refractivity contribution in [2.75, 3.05) is 0 Å². The Hall–Kier alpha value is -3.45. The molecule has 0 N–H and O–H groups in total. The summed E-state index contributed by atoms with van der Waals surface area (Å²) in [5, 5.41) is 5.09. The first-order valence-electron chi connectivity index (χ1n) is 10.5. The maximum Gasteiger partial charge on any atom is 0.0786 e. The Morgan fingerprint density at radius 3 is 1.97 bits per heavy atom. The van der Waals surface area contributed by atoms with Crippen molar-refractivity contribution in [3.63, 3.8) is 0 Å². The molecule has 1 heteroatoms. The molecular weight excluding hydrogens is 362 g/mol. The molecule has 0 aliphatic heterocycles. The van der Waals surface area contributed by atoms with Crippen LogP contribution in [0.2, 0.25) is 0 Å². The minimum atomic E-state index is 1.07. The molecule has 0 bridgehead atoms. The second-order valence-corrected chi connectivity index (χ2v) is 8.41. The van der Waals surface area contributed by atoms with Gasteiger partial charge in [0.25, 0.3) is 0 Å². The lowest BCUT2D eigenvalue weighted by atomic mass is 9.91. The SMILES string of the molecule is Cc1cc(C)cc(-c2ncc(C)c3ccc4c(C)cc(-c5ccccc5)cc4c23)c1. The highest BCUT2D eigenvalue weighted by Gasteiger charge is 2.14. The maximum atomic E-state index is 4.94. The lowest BCUT2D eigenvalue weighted by molar-refractivity contribution is 1.29. The van der Waals surface area contributed by atoms with Crippen LogP contribution >= 0.6 is 0 Å². The number of rotatable bonds is 2. The van der Waals surface area contributed by atoms with Crippen molar-refractivity contribution in [3.05, 3.63) is 101 Å². The molecule has 146 valence electrons. The molecule has 1 nitrogen and oxygen atoms in total. The molecule has 0 fully saturated rings. The number of fused-ring (bicyclic) bond motifs is 3. The van der Waals surface area contributed by atoms with E-state index in [1.807, 2.05) is 6.20 Å². The molecule has 1 heterocycles. The van der Waals surface area contributed by atoms with Crippen LogP contribution in [0.15, 0.2) is 79.0 Å².